The second-order valence-corrected chi connectivity index (χ2v) is 6.65. The molecule has 21 heavy (non-hydrogen) atoms. The van der Waals surface area contributed by atoms with E-state index in [4.69, 9.17) is 9.47 Å². The van der Waals surface area contributed by atoms with E-state index < -0.39 is 6.10 Å². The van der Waals surface area contributed by atoms with Crippen LogP contribution in [0.4, 0.5) is 0 Å². The molecule has 1 aromatic rings. The molecule has 0 aliphatic heterocycles. The van der Waals surface area contributed by atoms with Gasteiger partial charge in [0, 0.05) is 5.41 Å². The Bertz CT molecular complexity index is 439. The highest BCUT2D eigenvalue weighted by atomic mass is 16.5. The van der Waals surface area contributed by atoms with Gasteiger partial charge >= 0.3 is 0 Å². The molecule has 1 unspecified atom stereocenters. The van der Waals surface area contributed by atoms with Crippen molar-refractivity contribution >= 4 is 0 Å². The van der Waals surface area contributed by atoms with Crippen molar-refractivity contribution < 1.29 is 14.6 Å². The highest BCUT2D eigenvalue weighted by molar-refractivity contribution is 5.47. The van der Waals surface area contributed by atoms with Crippen molar-refractivity contribution in [1.82, 2.24) is 0 Å². The summed E-state index contributed by atoms with van der Waals surface area (Å²) in [6.45, 7) is 4.46. The highest BCUT2D eigenvalue weighted by Crippen LogP contribution is 2.54. The minimum absolute atomic E-state index is 0.0456. The molecule has 1 N–H and O–H groups in total. The predicted octanol–water partition coefficient (Wildman–Crippen LogP) is 4.34. The Hall–Kier alpha value is -1.22. The summed E-state index contributed by atoms with van der Waals surface area (Å²) < 4.78 is 11.0. The van der Waals surface area contributed by atoms with Crippen LogP contribution in [0.15, 0.2) is 18.2 Å². The second kappa shape index (κ2) is 6.69. The fraction of sp³-hybridized carbons (Fsp3) is 0.667. The molecule has 3 nitrogen and oxygen atoms in total. The molecule has 118 valence electrons. The van der Waals surface area contributed by atoms with Gasteiger partial charge in [-0.3, -0.25) is 0 Å². The van der Waals surface area contributed by atoms with Gasteiger partial charge in [-0.05, 0) is 37.3 Å². The van der Waals surface area contributed by atoms with Crippen LogP contribution in [0.1, 0.15) is 57.6 Å². The van der Waals surface area contributed by atoms with E-state index in [1.807, 2.05) is 18.2 Å². The largest absolute Gasteiger partial charge is 0.496 e. The first kappa shape index (κ1) is 16.2. The third-order valence-corrected chi connectivity index (χ3v) is 4.73. The smallest absolute Gasteiger partial charge is 0.128 e. The Kier molecular flexibility index (Phi) is 5.15. The van der Waals surface area contributed by atoms with E-state index in [-0.39, 0.29) is 5.41 Å². The van der Waals surface area contributed by atoms with Crippen molar-refractivity contribution in [2.75, 3.05) is 14.2 Å². The third kappa shape index (κ3) is 3.18. The number of hydrogen-bond acceptors (Lipinski definition) is 3. The number of benzene rings is 1. The molecule has 1 aliphatic carbocycles. The molecule has 1 aliphatic rings. The Balaban J connectivity index is 2.43. The third-order valence-electron chi connectivity index (χ3n) is 4.73. The van der Waals surface area contributed by atoms with Crippen LogP contribution in [-0.4, -0.2) is 19.3 Å². The molecule has 0 spiro atoms. The molecule has 1 fully saturated rings. The number of hydrogen-bond donors (Lipinski definition) is 1. The summed E-state index contributed by atoms with van der Waals surface area (Å²) in [5.41, 5.74) is 0.765. The Morgan fingerprint density at radius 2 is 1.62 bits per heavy atom. The fourth-order valence-electron chi connectivity index (χ4n) is 3.94. The fourth-order valence-corrected chi connectivity index (χ4v) is 3.94. The summed E-state index contributed by atoms with van der Waals surface area (Å²) in [4.78, 5) is 0. The lowest BCUT2D eigenvalue weighted by atomic mass is 9.71. The van der Waals surface area contributed by atoms with Gasteiger partial charge in [0.05, 0.1) is 25.9 Å². The number of rotatable bonds is 6. The van der Waals surface area contributed by atoms with Crippen LogP contribution in [0, 0.1) is 11.3 Å². The summed E-state index contributed by atoms with van der Waals surface area (Å²) in [5, 5.41) is 11.2. The molecule has 0 aromatic heterocycles. The van der Waals surface area contributed by atoms with Gasteiger partial charge in [0.1, 0.15) is 11.5 Å². The maximum absolute atomic E-state index is 11.2. The number of aliphatic hydroxyl groups excluding tert-OH is 1. The van der Waals surface area contributed by atoms with Crippen LogP contribution in [0.25, 0.3) is 0 Å². The summed E-state index contributed by atoms with van der Waals surface area (Å²) in [7, 11) is 3.30. The number of aliphatic hydroxyl groups is 1. The lowest BCUT2D eigenvalue weighted by molar-refractivity contribution is 0.00804. The monoisotopic (exact) mass is 292 g/mol. The molecule has 2 rings (SSSR count). The standard InChI is InChI=1S/C18H28O3/c1-13(2)12-18(10-5-6-11-18)17(19)16-14(20-3)8-7-9-15(16)21-4/h7-9,13,17,19H,5-6,10-12H2,1-4H3. The van der Waals surface area contributed by atoms with Gasteiger partial charge in [-0.15, -0.1) is 0 Å². The van der Waals surface area contributed by atoms with Crippen molar-refractivity contribution in [3.63, 3.8) is 0 Å². The summed E-state index contributed by atoms with van der Waals surface area (Å²) in [5.74, 6) is 2.01. The van der Waals surface area contributed by atoms with Crippen molar-refractivity contribution in [3.8, 4) is 11.5 Å². The maximum atomic E-state index is 11.2. The molecular formula is C18H28O3. The summed E-state index contributed by atoms with van der Waals surface area (Å²) in [6, 6.07) is 5.70. The van der Waals surface area contributed by atoms with Gasteiger partial charge < -0.3 is 14.6 Å². The first-order chi connectivity index (χ1) is 10.0. The average molecular weight is 292 g/mol. The van der Waals surface area contributed by atoms with Gasteiger partial charge in [0.15, 0.2) is 0 Å². The maximum Gasteiger partial charge on any atom is 0.128 e. The molecule has 1 atom stereocenters. The molecule has 0 radical (unpaired) electrons. The molecule has 3 heteroatoms. The lowest BCUT2D eigenvalue weighted by Crippen LogP contribution is -2.28. The van der Waals surface area contributed by atoms with Crippen LogP contribution >= 0.6 is 0 Å². The lowest BCUT2D eigenvalue weighted by Gasteiger charge is -2.37. The van der Waals surface area contributed by atoms with Gasteiger partial charge in [-0.1, -0.05) is 32.8 Å². The number of methoxy groups -OCH3 is 2. The van der Waals surface area contributed by atoms with Gasteiger partial charge in [-0.25, -0.2) is 0 Å². The van der Waals surface area contributed by atoms with E-state index in [0.717, 1.165) is 36.3 Å². The van der Waals surface area contributed by atoms with Crippen LogP contribution in [0.3, 0.4) is 0 Å². The minimum atomic E-state index is -0.534. The summed E-state index contributed by atoms with van der Waals surface area (Å²) in [6.07, 6.45) is 5.05. The molecule has 0 saturated heterocycles. The van der Waals surface area contributed by atoms with E-state index >= 15 is 0 Å². The highest BCUT2D eigenvalue weighted by Gasteiger charge is 2.43. The van der Waals surface area contributed by atoms with Crippen molar-refractivity contribution in [2.45, 2.75) is 52.1 Å². The average Bonchev–Trinajstić information content (AvgIpc) is 2.94. The van der Waals surface area contributed by atoms with E-state index in [9.17, 15) is 5.11 Å². The molecule has 0 amide bonds. The van der Waals surface area contributed by atoms with Crippen LogP contribution in [0.5, 0.6) is 11.5 Å². The first-order valence-corrected chi connectivity index (χ1v) is 7.93. The van der Waals surface area contributed by atoms with E-state index in [0.29, 0.717) is 5.92 Å². The molecular weight excluding hydrogens is 264 g/mol. The molecule has 0 bridgehead atoms. The van der Waals surface area contributed by atoms with Gasteiger partial charge in [0.25, 0.3) is 0 Å². The van der Waals surface area contributed by atoms with Crippen LogP contribution < -0.4 is 9.47 Å². The zero-order chi connectivity index (χ0) is 15.5. The van der Waals surface area contributed by atoms with Gasteiger partial charge in [-0.2, -0.15) is 0 Å². The van der Waals surface area contributed by atoms with Gasteiger partial charge in [0.2, 0.25) is 0 Å². The van der Waals surface area contributed by atoms with E-state index in [2.05, 4.69) is 13.8 Å². The van der Waals surface area contributed by atoms with Crippen LogP contribution in [0.2, 0.25) is 0 Å². The van der Waals surface area contributed by atoms with E-state index in [1.54, 1.807) is 14.2 Å². The predicted molar refractivity (Wildman–Crippen MR) is 84.9 cm³/mol. The molecule has 0 heterocycles. The van der Waals surface area contributed by atoms with Crippen molar-refractivity contribution in [2.24, 2.45) is 11.3 Å². The molecule has 1 aromatic carbocycles. The second-order valence-electron chi connectivity index (χ2n) is 6.65. The zero-order valence-corrected chi connectivity index (χ0v) is 13.7. The van der Waals surface area contributed by atoms with Crippen LogP contribution in [-0.2, 0) is 0 Å². The number of ether oxygens (including phenoxy) is 2. The first-order valence-electron chi connectivity index (χ1n) is 7.93. The van der Waals surface area contributed by atoms with E-state index in [1.165, 1.54) is 12.8 Å². The Morgan fingerprint density at radius 1 is 1.10 bits per heavy atom. The normalized spacial score (nSPS) is 18.8. The zero-order valence-electron chi connectivity index (χ0n) is 13.7. The Labute approximate surface area is 128 Å². The van der Waals surface area contributed by atoms with Crippen molar-refractivity contribution in [3.05, 3.63) is 23.8 Å². The van der Waals surface area contributed by atoms with Crippen molar-refractivity contribution in [1.29, 1.82) is 0 Å². The quantitative estimate of drug-likeness (QED) is 0.847. The minimum Gasteiger partial charge on any atom is -0.496 e. The SMILES string of the molecule is COc1cccc(OC)c1C(O)C1(CC(C)C)CCCC1. The Morgan fingerprint density at radius 3 is 2.05 bits per heavy atom. The molecule has 1 saturated carbocycles. The summed E-state index contributed by atoms with van der Waals surface area (Å²) >= 11 is 0. The topological polar surface area (TPSA) is 38.7 Å².